The van der Waals surface area contributed by atoms with Gasteiger partial charge < -0.3 is 18.6 Å². The summed E-state index contributed by atoms with van der Waals surface area (Å²) in [5.74, 6) is -1.35. The van der Waals surface area contributed by atoms with E-state index in [1.54, 1.807) is 0 Å². The molecule has 0 N–H and O–H groups in total. The Morgan fingerprint density at radius 3 is 2.36 bits per heavy atom. The highest BCUT2D eigenvalue weighted by Gasteiger charge is 2.32. The second-order valence-electron chi connectivity index (χ2n) is 4.05. The number of carbonyl (C=O) groups is 2. The lowest BCUT2D eigenvalue weighted by Crippen LogP contribution is -2.02. The second kappa shape index (κ2) is 5.72. The van der Waals surface area contributed by atoms with Gasteiger partial charge in [-0.2, -0.15) is 0 Å². The third-order valence-electron chi connectivity index (χ3n) is 2.99. The molecule has 2 rings (SSSR count). The van der Waals surface area contributed by atoms with Crippen LogP contribution < -0.4 is 9.47 Å². The minimum Gasteiger partial charge on any atom is -0.495 e. The molecular weight excluding hydrogens is 298 g/mol. The average molecular weight is 309 g/mol. The third-order valence-corrected chi connectivity index (χ3v) is 2.99. The summed E-state index contributed by atoms with van der Waals surface area (Å²) in [7, 11) is 3.58. The van der Waals surface area contributed by atoms with Crippen molar-refractivity contribution in [2.24, 2.45) is 0 Å². The van der Waals surface area contributed by atoms with E-state index in [4.69, 9.17) is 13.9 Å². The van der Waals surface area contributed by atoms with Gasteiger partial charge in [-0.1, -0.05) is 0 Å². The van der Waals surface area contributed by atoms with Crippen molar-refractivity contribution < 1.29 is 33.1 Å². The number of furan rings is 1. The quantitative estimate of drug-likeness (QED) is 0.356. The number of ether oxygens (including phenoxy) is 3. The van der Waals surface area contributed by atoms with Gasteiger partial charge >= 0.3 is 11.7 Å². The van der Waals surface area contributed by atoms with Crippen LogP contribution in [-0.2, 0) is 4.74 Å². The minimum absolute atomic E-state index is 0.0861. The summed E-state index contributed by atoms with van der Waals surface area (Å²) < 4.78 is 19.9. The van der Waals surface area contributed by atoms with Gasteiger partial charge in [-0.25, -0.2) is 4.79 Å². The molecule has 0 bridgehead atoms. The maximum atomic E-state index is 11.6. The van der Waals surface area contributed by atoms with E-state index in [2.05, 4.69) is 4.74 Å². The van der Waals surface area contributed by atoms with Gasteiger partial charge in [0.25, 0.3) is 0 Å². The number of hydrogen-bond donors (Lipinski definition) is 0. The largest absolute Gasteiger partial charge is 0.495 e. The van der Waals surface area contributed by atoms with E-state index >= 15 is 0 Å². The Kier molecular flexibility index (Phi) is 3.97. The molecule has 1 heterocycles. The molecule has 0 unspecified atom stereocenters. The zero-order chi connectivity index (χ0) is 16.4. The predicted octanol–water partition coefficient (Wildman–Crippen LogP) is 1.96. The first-order valence-corrected chi connectivity index (χ1v) is 5.89. The summed E-state index contributed by atoms with van der Waals surface area (Å²) >= 11 is 0. The highest BCUT2D eigenvalue weighted by atomic mass is 16.6. The lowest BCUT2D eigenvalue weighted by Gasteiger charge is -2.09. The topological polar surface area (TPSA) is 118 Å². The van der Waals surface area contributed by atoms with Crippen LogP contribution in [0, 0.1) is 10.1 Å². The maximum Gasteiger partial charge on any atom is 0.373 e. The first-order chi connectivity index (χ1) is 10.5. The molecule has 0 aliphatic carbocycles. The van der Waals surface area contributed by atoms with E-state index in [-0.39, 0.29) is 40.1 Å². The number of nitrogens with zero attached hydrogens (tertiary/aromatic N) is 1. The zero-order valence-electron chi connectivity index (χ0n) is 11.9. The molecule has 1 aromatic carbocycles. The first kappa shape index (κ1) is 15.3. The fraction of sp³-hybridized carbons (Fsp3) is 0.231. The van der Waals surface area contributed by atoms with Gasteiger partial charge in [-0.15, -0.1) is 0 Å². The van der Waals surface area contributed by atoms with Gasteiger partial charge in [0.1, 0.15) is 11.3 Å². The third kappa shape index (κ3) is 2.12. The SMILES string of the molecule is COC(=O)c1cc2c(OC)c(C=O)c([N+](=O)[O-])c(OC)c2o1. The minimum atomic E-state index is -0.787. The maximum absolute atomic E-state index is 11.6. The molecular formula is C13H11NO8. The fourth-order valence-electron chi connectivity index (χ4n) is 2.11. The van der Waals surface area contributed by atoms with E-state index in [9.17, 15) is 19.7 Å². The van der Waals surface area contributed by atoms with Crippen molar-refractivity contribution in [2.75, 3.05) is 21.3 Å². The number of methoxy groups -OCH3 is 3. The van der Waals surface area contributed by atoms with Crippen LogP contribution in [0.4, 0.5) is 5.69 Å². The van der Waals surface area contributed by atoms with Crippen molar-refractivity contribution in [3.05, 3.63) is 27.5 Å². The first-order valence-electron chi connectivity index (χ1n) is 5.89. The summed E-state index contributed by atoms with van der Waals surface area (Å²) in [4.78, 5) is 33.3. The van der Waals surface area contributed by atoms with Crippen molar-refractivity contribution in [1.82, 2.24) is 0 Å². The molecule has 0 atom stereocenters. The fourth-order valence-corrected chi connectivity index (χ4v) is 2.11. The molecule has 1 aromatic heterocycles. The van der Waals surface area contributed by atoms with Gasteiger partial charge in [0.05, 0.1) is 31.6 Å². The Labute approximate surface area is 123 Å². The molecule has 116 valence electrons. The number of hydrogen-bond acceptors (Lipinski definition) is 8. The van der Waals surface area contributed by atoms with Crippen LogP contribution in [-0.4, -0.2) is 38.5 Å². The van der Waals surface area contributed by atoms with E-state index in [1.165, 1.54) is 20.3 Å². The smallest absolute Gasteiger partial charge is 0.373 e. The normalized spacial score (nSPS) is 10.3. The molecule has 2 aromatic rings. The van der Waals surface area contributed by atoms with Gasteiger partial charge in [-0.05, 0) is 0 Å². The highest BCUT2D eigenvalue weighted by Crippen LogP contribution is 2.45. The van der Waals surface area contributed by atoms with E-state index in [0.717, 1.165) is 7.11 Å². The summed E-state index contributed by atoms with van der Waals surface area (Å²) in [6.45, 7) is 0. The van der Waals surface area contributed by atoms with Crippen molar-refractivity contribution >= 4 is 28.9 Å². The number of benzene rings is 1. The Morgan fingerprint density at radius 1 is 1.27 bits per heavy atom. The molecule has 0 amide bonds. The molecule has 0 radical (unpaired) electrons. The van der Waals surface area contributed by atoms with Crippen molar-refractivity contribution in [3.63, 3.8) is 0 Å². The molecule has 22 heavy (non-hydrogen) atoms. The second-order valence-corrected chi connectivity index (χ2v) is 4.05. The molecule has 0 fully saturated rings. The summed E-state index contributed by atoms with van der Waals surface area (Å²) in [5, 5.41) is 11.4. The molecule has 0 saturated heterocycles. The number of aldehydes is 1. The lowest BCUT2D eigenvalue weighted by atomic mass is 10.1. The summed E-state index contributed by atoms with van der Waals surface area (Å²) in [5.41, 5.74) is -1.00. The molecule has 0 saturated carbocycles. The summed E-state index contributed by atoms with van der Waals surface area (Å²) in [6, 6.07) is 1.26. The molecule has 0 aliphatic heterocycles. The average Bonchev–Trinajstić information content (AvgIpc) is 2.95. The van der Waals surface area contributed by atoms with Crippen LogP contribution in [0.25, 0.3) is 11.0 Å². The monoisotopic (exact) mass is 309 g/mol. The number of fused-ring (bicyclic) bond motifs is 1. The Balaban J connectivity index is 2.98. The summed E-state index contributed by atoms with van der Waals surface area (Å²) in [6.07, 6.45) is 0.281. The van der Waals surface area contributed by atoms with Crippen molar-refractivity contribution in [1.29, 1.82) is 0 Å². The zero-order valence-corrected chi connectivity index (χ0v) is 11.9. The molecule has 0 aliphatic rings. The van der Waals surface area contributed by atoms with E-state index < -0.39 is 16.6 Å². The van der Waals surface area contributed by atoms with Crippen molar-refractivity contribution in [2.45, 2.75) is 0 Å². The van der Waals surface area contributed by atoms with Crippen LogP contribution in [0.15, 0.2) is 10.5 Å². The van der Waals surface area contributed by atoms with Gasteiger partial charge in [-0.3, -0.25) is 14.9 Å². The van der Waals surface area contributed by atoms with Gasteiger partial charge in [0.15, 0.2) is 11.9 Å². The van der Waals surface area contributed by atoms with Crippen LogP contribution in [0.1, 0.15) is 20.9 Å². The Hall–Kier alpha value is -3.10. The predicted molar refractivity (Wildman–Crippen MR) is 72.7 cm³/mol. The van der Waals surface area contributed by atoms with Crippen LogP contribution in [0.3, 0.4) is 0 Å². The number of carbonyl (C=O) groups excluding carboxylic acids is 2. The Morgan fingerprint density at radius 2 is 1.91 bits per heavy atom. The van der Waals surface area contributed by atoms with Crippen LogP contribution >= 0.6 is 0 Å². The Bertz CT molecular complexity index is 776. The van der Waals surface area contributed by atoms with Crippen molar-refractivity contribution in [3.8, 4) is 11.5 Å². The highest BCUT2D eigenvalue weighted by molar-refractivity contribution is 6.05. The van der Waals surface area contributed by atoms with Gasteiger partial charge in [0.2, 0.25) is 11.5 Å². The number of nitro benzene ring substituents is 1. The number of rotatable bonds is 5. The van der Waals surface area contributed by atoms with E-state index in [0.29, 0.717) is 0 Å². The molecule has 9 heteroatoms. The van der Waals surface area contributed by atoms with E-state index in [1.807, 2.05) is 0 Å². The van der Waals surface area contributed by atoms with Gasteiger partial charge in [0, 0.05) is 6.07 Å². The number of esters is 1. The molecule has 0 spiro atoms. The number of nitro groups is 1. The molecule has 9 nitrogen and oxygen atoms in total. The standard InChI is InChI=1S/C13H11NO8/c1-19-10-6-4-8(13(16)21-3)22-11(6)12(20-2)9(14(17)18)7(10)5-15/h4-5H,1-3H3. The lowest BCUT2D eigenvalue weighted by molar-refractivity contribution is -0.385. The van der Waals surface area contributed by atoms with Crippen LogP contribution in [0.2, 0.25) is 0 Å². The van der Waals surface area contributed by atoms with Crippen LogP contribution in [0.5, 0.6) is 11.5 Å².